The number of aromatic nitrogens is 5. The van der Waals surface area contributed by atoms with Crippen LogP contribution < -0.4 is 25.0 Å². The van der Waals surface area contributed by atoms with E-state index in [4.69, 9.17) is 33.7 Å². The molecular formula is C63H71N11O9S. The number of phenols is 1. The molecule has 6 saturated heterocycles. The Kier molecular flexibility index (Phi) is 14.0. The lowest BCUT2D eigenvalue weighted by molar-refractivity contribution is -0.141. The van der Waals surface area contributed by atoms with Crippen LogP contribution in [-0.2, 0) is 14.3 Å². The second-order valence-corrected chi connectivity index (χ2v) is 25.7. The van der Waals surface area contributed by atoms with E-state index in [1.807, 2.05) is 81.9 Å². The number of aryl methyl sites for hydroxylation is 1. The number of carbonyl (C=O) groups excluding carboxylic acids is 3. The number of nitrogens with one attached hydrogen (secondary N) is 2. The molecule has 3 aromatic carbocycles. The molecule has 3 amide bonds. The Morgan fingerprint density at radius 3 is 2.55 bits per heavy atom. The number of anilines is 1. The van der Waals surface area contributed by atoms with Gasteiger partial charge in [0.2, 0.25) is 11.8 Å². The minimum atomic E-state index is -0.873. The summed E-state index contributed by atoms with van der Waals surface area (Å²) in [7, 11) is 0. The van der Waals surface area contributed by atoms with Gasteiger partial charge in [-0.3, -0.25) is 19.5 Å². The van der Waals surface area contributed by atoms with Gasteiger partial charge < -0.3 is 54.3 Å². The van der Waals surface area contributed by atoms with Gasteiger partial charge in [0.25, 0.3) is 5.88 Å². The number of ether oxygens (including phenoxy) is 3. The number of thiazole rings is 1. The smallest absolute Gasteiger partial charge is 0.410 e. The molecule has 6 fully saturated rings. The van der Waals surface area contributed by atoms with Crippen LogP contribution >= 0.6 is 11.3 Å². The van der Waals surface area contributed by atoms with Gasteiger partial charge in [0, 0.05) is 73.5 Å². The van der Waals surface area contributed by atoms with Crippen molar-refractivity contribution >= 4 is 56.7 Å². The van der Waals surface area contributed by atoms with Gasteiger partial charge in [-0.15, -0.1) is 11.3 Å². The average molecular weight is 1160 g/mol. The van der Waals surface area contributed by atoms with E-state index in [-0.39, 0.29) is 78.6 Å². The highest BCUT2D eigenvalue weighted by molar-refractivity contribution is 7.13. The summed E-state index contributed by atoms with van der Waals surface area (Å²) in [5.74, 6) is -0.213. The average Bonchev–Trinajstić information content (AvgIpc) is 1.06. The molecule has 20 nitrogen and oxygen atoms in total. The summed E-state index contributed by atoms with van der Waals surface area (Å²) < 4.78 is 24.8. The first-order valence-electron chi connectivity index (χ1n) is 29.9. The third-order valence-corrected chi connectivity index (χ3v) is 20.1. The predicted molar refractivity (Wildman–Crippen MR) is 315 cm³/mol. The number of aliphatic hydroxyl groups excluding tert-OH is 1. The molecule has 10 heterocycles. The van der Waals surface area contributed by atoms with Gasteiger partial charge in [0.05, 0.1) is 63.5 Å². The van der Waals surface area contributed by atoms with Crippen molar-refractivity contribution in [2.45, 2.75) is 139 Å². The highest BCUT2D eigenvalue weighted by atomic mass is 32.1. The maximum atomic E-state index is 14.4. The van der Waals surface area contributed by atoms with Crippen LogP contribution in [0.4, 0.5) is 10.6 Å². The van der Waals surface area contributed by atoms with Crippen molar-refractivity contribution in [1.29, 1.82) is 0 Å². The van der Waals surface area contributed by atoms with E-state index in [9.17, 15) is 24.6 Å². The van der Waals surface area contributed by atoms with Crippen molar-refractivity contribution in [1.82, 2.24) is 50.4 Å². The molecular weight excluding hydrogens is 1090 g/mol. The number of likely N-dealkylation sites (tertiary alicyclic amines) is 2. The Morgan fingerprint density at radius 1 is 0.964 bits per heavy atom. The first-order valence-corrected chi connectivity index (χ1v) is 30.7. The number of piperazine rings is 1. The molecule has 0 saturated carbocycles. The van der Waals surface area contributed by atoms with Gasteiger partial charge in [0.1, 0.15) is 42.8 Å². The van der Waals surface area contributed by atoms with Crippen LogP contribution in [0.15, 0.2) is 76.9 Å². The number of aliphatic hydroxyl groups is 1. The summed E-state index contributed by atoms with van der Waals surface area (Å²) >= 11 is 1.58. The molecule has 21 heteroatoms. The molecule has 7 aliphatic rings. The van der Waals surface area contributed by atoms with Crippen molar-refractivity contribution in [3.05, 3.63) is 101 Å². The Morgan fingerprint density at radius 2 is 1.77 bits per heavy atom. The SMILES string of the molecule is Cc1ncsc1-c1ccc([C@H](C)NC(=O)[C@@H]2C[C@@H](O)CN2C(=O)[C@H](c2cc(OC3CN(C(=O)OC[C@@H]4CC[C@]5(COc6nc(N7CC8CCC(C7)N8)c7cnc8c(c7n6)C(C)c6cccc7cc(O)cc-8c67)CCCN45)C3)no2)C(C)C)cc1. The Balaban J connectivity index is 0.597. The summed E-state index contributed by atoms with van der Waals surface area (Å²) in [6, 6.07) is 19.4. The Labute approximate surface area is 490 Å². The van der Waals surface area contributed by atoms with Gasteiger partial charge in [0.15, 0.2) is 5.76 Å². The summed E-state index contributed by atoms with van der Waals surface area (Å²) in [6.45, 7) is 13.7. The molecule has 9 atom stereocenters. The molecule has 438 valence electrons. The van der Waals surface area contributed by atoms with Crippen LogP contribution in [0.2, 0.25) is 0 Å². The zero-order chi connectivity index (χ0) is 57.7. The van der Waals surface area contributed by atoms with E-state index in [1.54, 1.807) is 22.3 Å². The number of hydrogen-bond acceptors (Lipinski definition) is 18. The molecule has 14 rings (SSSR count). The van der Waals surface area contributed by atoms with Gasteiger partial charge in [-0.05, 0) is 110 Å². The molecule has 6 aliphatic heterocycles. The van der Waals surface area contributed by atoms with E-state index in [2.05, 4.69) is 49.6 Å². The van der Waals surface area contributed by atoms with Crippen LogP contribution in [0.5, 0.6) is 17.6 Å². The topological polar surface area (TPSA) is 234 Å². The normalized spacial score (nSPS) is 25.2. The highest BCUT2D eigenvalue weighted by Gasteiger charge is 2.51. The van der Waals surface area contributed by atoms with Gasteiger partial charge in [-0.25, -0.2) is 9.78 Å². The molecule has 2 bridgehead atoms. The van der Waals surface area contributed by atoms with Gasteiger partial charge in [-0.1, -0.05) is 63.2 Å². The number of pyridine rings is 1. The van der Waals surface area contributed by atoms with Crippen molar-refractivity contribution in [3.8, 4) is 39.3 Å². The standard InChI is InChI=1S/C63H71N11O9S/c1-33(2)52(60(78)73-27-44(76)22-49(73)59(77)66-35(4)37-10-12-38(13-11-37)57-36(5)65-32-84-57)50-23-51(70-83-50)82-45-28-72(29-45)62(79)80-30-42-16-18-63(17-7-19-74(42)63)31-81-61-68-56-48(58(69-61)71-25-40-14-15-41(26-71)67-40)24-64-55-47-21-43(75)20-39-8-6-9-46(54(39)47)34(3)53(55)56/h6,8-13,20-21,23-24,32-35,40-42,44-45,49,52,67,75-76H,7,14-19,22,25-31H2,1-5H3,(H,66,77)/t34?,35-,40?,41?,42-,44+,49-,52-,63-/m0/s1. The van der Waals surface area contributed by atoms with E-state index < -0.39 is 24.2 Å². The first-order chi connectivity index (χ1) is 40.6. The lowest BCUT2D eigenvalue weighted by atomic mass is 9.79. The summed E-state index contributed by atoms with van der Waals surface area (Å²) in [4.78, 5) is 70.7. The number of nitrogens with zero attached hydrogens (tertiary/aromatic N) is 9. The lowest BCUT2D eigenvalue weighted by Gasteiger charge is -2.38. The van der Waals surface area contributed by atoms with Crippen molar-refractivity contribution in [3.63, 3.8) is 0 Å². The number of phenolic OH excluding ortho intramolecular Hbond substituents is 1. The molecule has 0 radical (unpaired) electrons. The van der Waals surface area contributed by atoms with E-state index in [0.717, 1.165) is 124 Å². The number of hydrogen-bond donors (Lipinski definition) is 4. The van der Waals surface area contributed by atoms with E-state index in [0.29, 0.717) is 43.6 Å². The largest absolute Gasteiger partial charge is 0.508 e. The lowest BCUT2D eigenvalue weighted by Crippen LogP contribution is -2.56. The zero-order valence-corrected chi connectivity index (χ0v) is 48.8. The van der Waals surface area contributed by atoms with Crippen LogP contribution in [0, 0.1) is 12.8 Å². The summed E-state index contributed by atoms with van der Waals surface area (Å²) in [5.41, 5.74) is 9.23. The Hall–Kier alpha value is -7.46. The third-order valence-electron chi connectivity index (χ3n) is 19.1. The monoisotopic (exact) mass is 1160 g/mol. The molecule has 84 heavy (non-hydrogen) atoms. The van der Waals surface area contributed by atoms with Crippen LogP contribution in [0.25, 0.3) is 43.4 Å². The number of benzene rings is 3. The summed E-state index contributed by atoms with van der Waals surface area (Å²) in [6.07, 6.45) is 6.35. The number of aromatic hydroxyl groups is 1. The Bertz CT molecular complexity index is 3690. The maximum Gasteiger partial charge on any atom is 0.410 e. The fourth-order valence-electron chi connectivity index (χ4n) is 14.8. The van der Waals surface area contributed by atoms with E-state index >= 15 is 0 Å². The summed E-state index contributed by atoms with van der Waals surface area (Å²) in [5, 5.41) is 35.7. The number of amides is 3. The van der Waals surface area contributed by atoms with E-state index in [1.165, 1.54) is 10.5 Å². The highest BCUT2D eigenvalue weighted by Crippen LogP contribution is 2.49. The van der Waals surface area contributed by atoms with Gasteiger partial charge >= 0.3 is 12.1 Å². The zero-order valence-electron chi connectivity index (χ0n) is 48.0. The van der Waals surface area contributed by atoms with Gasteiger partial charge in [-0.2, -0.15) is 9.97 Å². The fraction of sp³-hybridized carbons (Fsp3) is 0.492. The molecule has 1 aliphatic carbocycles. The number of carbonyl (C=O) groups is 3. The third kappa shape index (κ3) is 9.73. The first kappa shape index (κ1) is 54.5. The van der Waals surface area contributed by atoms with Crippen molar-refractivity contribution in [2.75, 3.05) is 57.4 Å². The minimum absolute atomic E-state index is 0.0138. The molecule has 0 spiro atoms. The second kappa shape index (κ2) is 21.6. The maximum absolute atomic E-state index is 14.4. The predicted octanol–water partition coefficient (Wildman–Crippen LogP) is 8.23. The fourth-order valence-corrected chi connectivity index (χ4v) is 15.6. The van der Waals surface area contributed by atoms with Crippen LogP contribution in [0.1, 0.15) is 119 Å². The molecule has 4 N–H and O–H groups in total. The van der Waals surface area contributed by atoms with Crippen LogP contribution in [-0.4, -0.2) is 162 Å². The molecule has 3 unspecified atom stereocenters. The number of β-amino-alcohol motifs (C(OH)–C–C–N with tert-alkyl or cyclic N) is 1. The van der Waals surface area contributed by atoms with Crippen molar-refractivity contribution < 1.29 is 43.3 Å². The minimum Gasteiger partial charge on any atom is -0.508 e. The van der Waals surface area contributed by atoms with Crippen LogP contribution in [0.3, 0.4) is 0 Å². The number of rotatable bonds is 15. The molecule has 7 aromatic rings. The second-order valence-electron chi connectivity index (χ2n) is 24.8. The number of fused-ring (bicyclic) bond motifs is 7. The van der Waals surface area contributed by atoms with Crippen molar-refractivity contribution in [2.24, 2.45) is 5.92 Å². The molecule has 4 aromatic heterocycles. The quantitative estimate of drug-likeness (QED) is 0.0757.